The molecule has 0 heterocycles. The quantitative estimate of drug-likeness (QED) is 0.521. The summed E-state index contributed by atoms with van der Waals surface area (Å²) in [6, 6.07) is 4.61. The van der Waals surface area contributed by atoms with Gasteiger partial charge < -0.3 is 34.0 Å². The molecule has 0 spiro atoms. The number of rotatable bonds is 4. The first kappa shape index (κ1) is 24.3. The van der Waals surface area contributed by atoms with Gasteiger partial charge in [0.05, 0.1) is 0 Å². The minimum absolute atomic E-state index is 0. The Balaban J connectivity index is 0.00000169. The minimum Gasteiger partial charge on any atom is -1.00 e. The molecule has 2 unspecified atom stereocenters. The fourth-order valence-corrected chi connectivity index (χ4v) is 10.1. The van der Waals surface area contributed by atoms with Gasteiger partial charge in [-0.1, -0.05) is 0 Å². The van der Waals surface area contributed by atoms with Crippen LogP contribution in [0.1, 0.15) is 73.3 Å². The van der Waals surface area contributed by atoms with Crippen LogP contribution in [-0.4, -0.2) is 0 Å². The standard InChI is InChI=1S/C12H19.C11H11.2BrH.Zr/c1-6-7-12-10(4)8(2)9(3)11(12)5;1-8-6-7-9(2)11-5-3-4-10(8)11;;;/h6-7H2,1-5H3;3-7H,1-2H3;2*1H;/q;;;;+2/p-2. The summed E-state index contributed by atoms with van der Waals surface area (Å²) >= 11 is -0.710. The van der Waals surface area contributed by atoms with Crippen molar-refractivity contribution in [2.24, 2.45) is 0 Å². The maximum absolute atomic E-state index is 2.57. The second-order valence-electron chi connectivity index (χ2n) is 7.74. The van der Waals surface area contributed by atoms with Crippen LogP contribution in [0.2, 0.25) is 3.12 Å². The van der Waals surface area contributed by atoms with Gasteiger partial charge in [-0.2, -0.15) is 0 Å². The maximum Gasteiger partial charge on any atom is -1.00 e. The Bertz CT molecular complexity index is 786. The molecule has 3 heteroatoms. The number of fused-ring (bicyclic) bond motifs is 1. The topological polar surface area (TPSA) is 0 Å². The first-order chi connectivity index (χ1) is 11.3. The Labute approximate surface area is 192 Å². The van der Waals surface area contributed by atoms with Crippen molar-refractivity contribution in [3.63, 3.8) is 0 Å². The molecule has 0 bridgehead atoms. The summed E-state index contributed by atoms with van der Waals surface area (Å²) in [4.78, 5) is 0. The summed E-state index contributed by atoms with van der Waals surface area (Å²) in [5.74, 6) is 0. The summed E-state index contributed by atoms with van der Waals surface area (Å²) in [6.45, 7) is 16.6. The molecule has 2 aliphatic carbocycles. The van der Waals surface area contributed by atoms with E-state index >= 15 is 0 Å². The third kappa shape index (κ3) is 3.88. The van der Waals surface area contributed by atoms with Crippen LogP contribution < -0.4 is 34.0 Å². The average molecular weight is 558 g/mol. The molecule has 0 amide bonds. The van der Waals surface area contributed by atoms with Crippen molar-refractivity contribution >= 4 is 6.08 Å². The zero-order chi connectivity index (χ0) is 17.6. The Hall–Kier alpha value is 0.283. The number of halogens is 2. The second-order valence-corrected chi connectivity index (χ2v) is 12.4. The van der Waals surface area contributed by atoms with Gasteiger partial charge in [0.15, 0.2) is 0 Å². The molecule has 0 fully saturated rings. The number of hydrogen-bond acceptors (Lipinski definition) is 0. The smallest absolute Gasteiger partial charge is 1.00 e. The zero-order valence-electron chi connectivity index (χ0n) is 17.1. The predicted molar refractivity (Wildman–Crippen MR) is 102 cm³/mol. The Kier molecular flexibility index (Phi) is 8.59. The van der Waals surface area contributed by atoms with Crippen molar-refractivity contribution < 1.29 is 57.2 Å². The van der Waals surface area contributed by atoms with Crippen LogP contribution in [0, 0.1) is 13.8 Å². The molecule has 0 aliphatic heterocycles. The number of hydrogen-bond donors (Lipinski definition) is 0. The van der Waals surface area contributed by atoms with Gasteiger partial charge in [-0.3, -0.25) is 0 Å². The van der Waals surface area contributed by atoms with E-state index in [1.807, 2.05) is 0 Å². The van der Waals surface area contributed by atoms with Crippen LogP contribution >= 0.6 is 0 Å². The Morgan fingerprint density at radius 3 is 2.19 bits per heavy atom. The molecule has 3 rings (SSSR count). The zero-order valence-corrected chi connectivity index (χ0v) is 22.7. The van der Waals surface area contributed by atoms with E-state index in [4.69, 9.17) is 0 Å². The molecular weight excluding hydrogens is 527 g/mol. The maximum atomic E-state index is 2.57. The fraction of sp³-hybridized carbons (Fsp3) is 0.478. The molecule has 0 nitrogen and oxygen atoms in total. The van der Waals surface area contributed by atoms with E-state index in [2.05, 4.69) is 72.8 Å². The van der Waals surface area contributed by atoms with Crippen molar-refractivity contribution in [3.05, 3.63) is 62.8 Å². The van der Waals surface area contributed by atoms with Crippen LogP contribution in [0.5, 0.6) is 0 Å². The van der Waals surface area contributed by atoms with E-state index in [1.165, 1.54) is 29.5 Å². The van der Waals surface area contributed by atoms with Gasteiger partial charge in [-0.25, -0.2) is 0 Å². The van der Waals surface area contributed by atoms with Crippen LogP contribution in [0.3, 0.4) is 0 Å². The van der Waals surface area contributed by atoms with Crippen LogP contribution in [-0.2, 0) is 23.2 Å². The summed E-state index contributed by atoms with van der Waals surface area (Å²) in [7, 11) is 0. The van der Waals surface area contributed by atoms with E-state index in [0.29, 0.717) is 6.75 Å². The van der Waals surface area contributed by atoms with Gasteiger partial charge in [-0.15, -0.1) is 0 Å². The van der Waals surface area contributed by atoms with Crippen molar-refractivity contribution in [2.45, 2.75) is 68.1 Å². The van der Waals surface area contributed by atoms with Gasteiger partial charge in [0, 0.05) is 0 Å². The summed E-state index contributed by atoms with van der Waals surface area (Å²) < 4.78 is 1.11. The molecule has 0 saturated carbocycles. The van der Waals surface area contributed by atoms with Gasteiger partial charge in [0.1, 0.15) is 0 Å². The largest absolute Gasteiger partial charge is 1.00 e. The summed E-state index contributed by atoms with van der Waals surface area (Å²) in [6.07, 6.45) is 7.47. The monoisotopic (exact) mass is 554 g/mol. The van der Waals surface area contributed by atoms with Gasteiger partial charge in [0.2, 0.25) is 0 Å². The third-order valence-corrected chi connectivity index (χ3v) is 11.4. The van der Waals surface area contributed by atoms with Gasteiger partial charge in [0.25, 0.3) is 0 Å². The predicted octanol–water partition coefficient (Wildman–Crippen LogP) is 1.11. The van der Waals surface area contributed by atoms with E-state index in [0.717, 1.165) is 0 Å². The van der Waals surface area contributed by atoms with Crippen molar-refractivity contribution in [1.82, 2.24) is 0 Å². The van der Waals surface area contributed by atoms with Crippen molar-refractivity contribution in [2.75, 3.05) is 0 Å². The van der Waals surface area contributed by atoms with Gasteiger partial charge >= 0.3 is 160 Å². The summed E-state index contributed by atoms with van der Waals surface area (Å²) in [5.41, 5.74) is 12.7. The molecule has 26 heavy (non-hydrogen) atoms. The Morgan fingerprint density at radius 1 is 0.962 bits per heavy atom. The van der Waals surface area contributed by atoms with Crippen LogP contribution in [0.25, 0.3) is 6.08 Å². The number of aryl methyl sites for hydroxylation is 2. The van der Waals surface area contributed by atoms with Crippen LogP contribution in [0.15, 0.2) is 40.5 Å². The SMILES string of the molecule is CCCC1=C(C)C(C)=C(C)[C]1(C)[Zr+2][CH]1C=Cc2c(C)ccc(C)c21.[Br-].[Br-]. The molecule has 0 N–H and O–H groups in total. The average Bonchev–Trinajstić information content (AvgIpc) is 3.03. The molecule has 1 aromatic carbocycles. The molecule has 0 radical (unpaired) electrons. The second kappa shape index (κ2) is 9.19. The first-order valence-electron chi connectivity index (χ1n) is 9.25. The minimum atomic E-state index is -0.710. The molecule has 0 aromatic heterocycles. The van der Waals surface area contributed by atoms with E-state index < -0.39 is 23.2 Å². The fourth-order valence-electron chi connectivity index (χ4n) is 4.58. The normalized spacial score (nSPS) is 23.6. The van der Waals surface area contributed by atoms with Crippen molar-refractivity contribution in [1.29, 1.82) is 0 Å². The third-order valence-electron chi connectivity index (χ3n) is 6.36. The van der Waals surface area contributed by atoms with Gasteiger partial charge in [-0.05, 0) is 0 Å². The number of benzene rings is 1. The first-order valence-corrected chi connectivity index (χ1v) is 11.9. The molecule has 140 valence electrons. The van der Waals surface area contributed by atoms with E-state index in [9.17, 15) is 0 Å². The Morgan fingerprint density at radius 2 is 1.58 bits per heavy atom. The van der Waals surface area contributed by atoms with E-state index in [1.54, 1.807) is 27.9 Å². The number of allylic oxidation sites excluding steroid dienone is 5. The van der Waals surface area contributed by atoms with Crippen LogP contribution in [0.4, 0.5) is 0 Å². The molecule has 0 saturated heterocycles. The van der Waals surface area contributed by atoms with Crippen molar-refractivity contribution in [3.8, 4) is 0 Å². The molecule has 2 aliphatic rings. The molecular formula is C23H30Br2Zr. The molecule has 2 atom stereocenters. The summed E-state index contributed by atoms with van der Waals surface area (Å²) in [5, 5.41) is 0. The molecule has 1 aromatic rings. The van der Waals surface area contributed by atoms with E-state index in [-0.39, 0.29) is 34.0 Å².